The molecule has 1 aromatic heterocycles. The van der Waals surface area contributed by atoms with Crippen LogP contribution in [-0.4, -0.2) is 28.8 Å². The first-order chi connectivity index (χ1) is 10.5. The number of nitrogens with one attached hydrogen (secondary N) is 2. The molecule has 1 heterocycles. The maximum atomic E-state index is 11.9. The molecule has 0 radical (unpaired) electrons. The molecule has 1 aromatic carbocycles. The number of nitrogens with zero attached hydrogens (tertiary/aromatic N) is 1. The van der Waals surface area contributed by atoms with Crippen LogP contribution in [0, 0.1) is 13.8 Å². The topological polar surface area (TPSA) is 87.4 Å². The van der Waals surface area contributed by atoms with Gasteiger partial charge in [0, 0.05) is 17.8 Å². The van der Waals surface area contributed by atoms with E-state index in [1.54, 1.807) is 13.2 Å². The van der Waals surface area contributed by atoms with Crippen LogP contribution in [0.3, 0.4) is 0 Å². The molecular formula is C16H21N3O3. The zero-order valence-corrected chi connectivity index (χ0v) is 13.0. The maximum Gasteiger partial charge on any atom is 0.319 e. The van der Waals surface area contributed by atoms with Crippen LogP contribution < -0.4 is 10.6 Å². The molecule has 0 spiro atoms. The average molecular weight is 303 g/mol. The van der Waals surface area contributed by atoms with Crippen LogP contribution in [0.15, 0.2) is 28.9 Å². The Hall–Kier alpha value is -2.34. The van der Waals surface area contributed by atoms with Crippen molar-refractivity contribution in [2.75, 3.05) is 11.9 Å². The number of aliphatic hydroxyl groups is 1. The third-order valence-electron chi connectivity index (χ3n) is 3.20. The number of aliphatic hydroxyl groups excluding tert-OH is 1. The fourth-order valence-corrected chi connectivity index (χ4v) is 1.94. The minimum absolute atomic E-state index is 0.301. The Morgan fingerprint density at radius 2 is 2.18 bits per heavy atom. The fourth-order valence-electron chi connectivity index (χ4n) is 1.94. The Balaban J connectivity index is 2.05. The van der Waals surface area contributed by atoms with E-state index in [0.717, 1.165) is 16.8 Å². The Labute approximate surface area is 129 Å². The first-order valence-electron chi connectivity index (χ1n) is 7.22. The third-order valence-corrected chi connectivity index (χ3v) is 3.20. The Morgan fingerprint density at radius 3 is 2.82 bits per heavy atom. The molecule has 0 bridgehead atoms. The molecular weight excluding hydrogens is 282 g/mol. The fraction of sp³-hybridized carbons (Fsp3) is 0.375. The van der Waals surface area contributed by atoms with Crippen molar-refractivity contribution < 1.29 is 14.3 Å². The van der Waals surface area contributed by atoms with Gasteiger partial charge < -0.3 is 20.2 Å². The van der Waals surface area contributed by atoms with E-state index in [9.17, 15) is 9.90 Å². The van der Waals surface area contributed by atoms with Crippen LogP contribution >= 0.6 is 0 Å². The number of carbonyl (C=O) groups is 1. The molecule has 1 unspecified atom stereocenters. The summed E-state index contributed by atoms with van der Waals surface area (Å²) in [6.45, 7) is 5.87. The van der Waals surface area contributed by atoms with E-state index in [1.807, 2.05) is 32.0 Å². The predicted octanol–water partition coefficient (Wildman–Crippen LogP) is 2.85. The van der Waals surface area contributed by atoms with Gasteiger partial charge >= 0.3 is 6.03 Å². The van der Waals surface area contributed by atoms with Gasteiger partial charge in [-0.25, -0.2) is 9.78 Å². The van der Waals surface area contributed by atoms with Crippen LogP contribution in [0.2, 0.25) is 0 Å². The normalized spacial score (nSPS) is 12.0. The summed E-state index contributed by atoms with van der Waals surface area (Å²) in [5.41, 5.74) is 3.25. The second kappa shape index (κ2) is 7.09. The molecule has 1 atom stereocenters. The van der Waals surface area contributed by atoms with Crippen LogP contribution in [-0.2, 0) is 0 Å². The molecule has 0 fully saturated rings. The van der Waals surface area contributed by atoms with E-state index >= 15 is 0 Å². The molecule has 0 aliphatic heterocycles. The van der Waals surface area contributed by atoms with E-state index in [0.29, 0.717) is 24.5 Å². The monoisotopic (exact) mass is 303 g/mol. The van der Waals surface area contributed by atoms with Gasteiger partial charge in [-0.1, -0.05) is 6.07 Å². The number of benzene rings is 1. The van der Waals surface area contributed by atoms with Crippen molar-refractivity contribution in [3.63, 3.8) is 0 Å². The van der Waals surface area contributed by atoms with Crippen molar-refractivity contribution in [3.8, 4) is 11.5 Å². The molecule has 2 amide bonds. The van der Waals surface area contributed by atoms with Crippen molar-refractivity contribution >= 4 is 11.7 Å². The lowest BCUT2D eigenvalue weighted by molar-refractivity contribution is 0.184. The van der Waals surface area contributed by atoms with Crippen LogP contribution in [0.5, 0.6) is 0 Å². The van der Waals surface area contributed by atoms with E-state index < -0.39 is 6.10 Å². The van der Waals surface area contributed by atoms with Crippen molar-refractivity contribution in [2.24, 2.45) is 0 Å². The van der Waals surface area contributed by atoms with Crippen molar-refractivity contribution in [2.45, 2.75) is 33.3 Å². The van der Waals surface area contributed by atoms with E-state index in [-0.39, 0.29) is 6.03 Å². The molecule has 6 nitrogen and oxygen atoms in total. The van der Waals surface area contributed by atoms with Gasteiger partial charge in [-0.05, 0) is 44.9 Å². The SMILES string of the molecule is Cc1coc(-c2ccc(C)c(NC(=O)NCCC(C)O)c2)n1. The maximum absolute atomic E-state index is 11.9. The minimum Gasteiger partial charge on any atom is -0.444 e. The highest BCUT2D eigenvalue weighted by Gasteiger charge is 2.09. The van der Waals surface area contributed by atoms with Crippen LogP contribution in [0.4, 0.5) is 10.5 Å². The summed E-state index contributed by atoms with van der Waals surface area (Å²) in [5.74, 6) is 0.523. The van der Waals surface area contributed by atoms with Crippen molar-refractivity contribution in [1.82, 2.24) is 10.3 Å². The van der Waals surface area contributed by atoms with Gasteiger partial charge in [0.15, 0.2) is 0 Å². The number of aryl methyl sites for hydroxylation is 2. The van der Waals surface area contributed by atoms with Crippen molar-refractivity contribution in [1.29, 1.82) is 0 Å². The molecule has 22 heavy (non-hydrogen) atoms. The van der Waals surface area contributed by atoms with E-state index in [4.69, 9.17) is 4.42 Å². The molecule has 2 aromatic rings. The van der Waals surface area contributed by atoms with E-state index in [1.165, 1.54) is 0 Å². The molecule has 118 valence electrons. The quantitative estimate of drug-likeness (QED) is 0.792. The summed E-state index contributed by atoms with van der Waals surface area (Å²) in [5, 5.41) is 14.7. The smallest absolute Gasteiger partial charge is 0.319 e. The van der Waals surface area contributed by atoms with E-state index in [2.05, 4.69) is 15.6 Å². The second-order valence-corrected chi connectivity index (χ2v) is 5.34. The lowest BCUT2D eigenvalue weighted by atomic mass is 10.1. The lowest BCUT2D eigenvalue weighted by Crippen LogP contribution is -2.31. The Morgan fingerprint density at radius 1 is 1.41 bits per heavy atom. The first-order valence-corrected chi connectivity index (χ1v) is 7.22. The van der Waals surface area contributed by atoms with Gasteiger partial charge in [0.2, 0.25) is 5.89 Å². The lowest BCUT2D eigenvalue weighted by Gasteiger charge is -2.11. The van der Waals surface area contributed by atoms with Crippen LogP contribution in [0.1, 0.15) is 24.6 Å². The van der Waals surface area contributed by atoms with Gasteiger partial charge in [0.1, 0.15) is 6.26 Å². The van der Waals surface area contributed by atoms with Gasteiger partial charge in [-0.2, -0.15) is 0 Å². The number of amides is 2. The number of oxazole rings is 1. The molecule has 0 aliphatic carbocycles. The minimum atomic E-state index is -0.432. The Kier molecular flexibility index (Phi) is 5.16. The highest BCUT2D eigenvalue weighted by molar-refractivity contribution is 5.90. The number of urea groups is 1. The number of hydrogen-bond acceptors (Lipinski definition) is 4. The summed E-state index contributed by atoms with van der Waals surface area (Å²) in [6.07, 6.45) is 1.67. The average Bonchev–Trinajstić information content (AvgIpc) is 2.87. The summed E-state index contributed by atoms with van der Waals surface area (Å²) >= 11 is 0. The zero-order chi connectivity index (χ0) is 16.1. The van der Waals surface area contributed by atoms with Gasteiger partial charge in [-0.3, -0.25) is 0 Å². The number of aromatic nitrogens is 1. The number of carbonyl (C=O) groups excluding carboxylic acids is 1. The molecule has 3 N–H and O–H groups in total. The van der Waals surface area contributed by atoms with Gasteiger partial charge in [-0.15, -0.1) is 0 Å². The number of hydrogen-bond donors (Lipinski definition) is 3. The second-order valence-electron chi connectivity index (χ2n) is 5.34. The first kappa shape index (κ1) is 16.0. The standard InChI is InChI=1S/C16H21N3O3/c1-10-4-5-13(15-18-11(2)9-22-15)8-14(10)19-16(21)17-7-6-12(3)20/h4-5,8-9,12,20H,6-7H2,1-3H3,(H2,17,19,21). The Bertz CT molecular complexity index is 650. The number of anilines is 1. The molecule has 2 rings (SSSR count). The van der Waals surface area contributed by atoms with Gasteiger partial charge in [0.25, 0.3) is 0 Å². The summed E-state index contributed by atoms with van der Waals surface area (Å²) < 4.78 is 5.37. The molecule has 0 saturated heterocycles. The largest absolute Gasteiger partial charge is 0.444 e. The third kappa shape index (κ3) is 4.33. The summed E-state index contributed by atoms with van der Waals surface area (Å²) in [7, 11) is 0. The molecule has 0 saturated carbocycles. The number of rotatable bonds is 5. The zero-order valence-electron chi connectivity index (χ0n) is 13.0. The predicted molar refractivity (Wildman–Crippen MR) is 84.7 cm³/mol. The summed E-state index contributed by atoms with van der Waals surface area (Å²) in [4.78, 5) is 16.1. The van der Waals surface area contributed by atoms with Crippen molar-refractivity contribution in [3.05, 3.63) is 35.7 Å². The highest BCUT2D eigenvalue weighted by Crippen LogP contribution is 2.24. The molecule has 0 aliphatic rings. The highest BCUT2D eigenvalue weighted by atomic mass is 16.3. The molecule has 6 heteroatoms. The van der Waals surface area contributed by atoms with Crippen LogP contribution in [0.25, 0.3) is 11.5 Å². The summed E-state index contributed by atoms with van der Waals surface area (Å²) in [6, 6.07) is 5.33. The van der Waals surface area contributed by atoms with Gasteiger partial charge in [0.05, 0.1) is 11.8 Å².